The number of nitrogens with one attached hydrogen (secondary N) is 1. The fourth-order valence-corrected chi connectivity index (χ4v) is 3.16. The SMILES string of the molecule is CC[C@H](NC(=O)CCc1ccc(OC)c(C)c1)c1ccc(OC)c(C)c1. The van der Waals surface area contributed by atoms with Gasteiger partial charge in [-0.25, -0.2) is 0 Å². The van der Waals surface area contributed by atoms with Crippen molar-refractivity contribution in [1.82, 2.24) is 5.32 Å². The van der Waals surface area contributed by atoms with E-state index in [0.717, 1.165) is 46.6 Å². The Balaban J connectivity index is 1.96. The molecule has 0 aromatic heterocycles. The van der Waals surface area contributed by atoms with Gasteiger partial charge in [-0.05, 0) is 61.1 Å². The Bertz CT molecular complexity index is 755. The minimum atomic E-state index is 0.0182. The van der Waals surface area contributed by atoms with Crippen LogP contribution < -0.4 is 14.8 Å². The van der Waals surface area contributed by atoms with E-state index in [4.69, 9.17) is 9.47 Å². The van der Waals surface area contributed by atoms with Crippen molar-refractivity contribution >= 4 is 5.91 Å². The number of ether oxygens (including phenoxy) is 2. The average Bonchev–Trinajstić information content (AvgIpc) is 2.64. The third kappa shape index (κ3) is 5.01. The highest BCUT2D eigenvalue weighted by atomic mass is 16.5. The van der Waals surface area contributed by atoms with Gasteiger partial charge >= 0.3 is 0 Å². The molecule has 0 unspecified atom stereocenters. The van der Waals surface area contributed by atoms with Gasteiger partial charge in [0.2, 0.25) is 5.91 Å². The smallest absolute Gasteiger partial charge is 0.220 e. The van der Waals surface area contributed by atoms with Crippen LogP contribution in [0.25, 0.3) is 0 Å². The van der Waals surface area contributed by atoms with E-state index in [0.29, 0.717) is 6.42 Å². The first-order chi connectivity index (χ1) is 12.5. The maximum absolute atomic E-state index is 12.4. The number of aryl methyl sites for hydroxylation is 3. The van der Waals surface area contributed by atoms with Crippen molar-refractivity contribution in [2.24, 2.45) is 0 Å². The van der Waals surface area contributed by atoms with E-state index in [1.807, 2.05) is 38.1 Å². The van der Waals surface area contributed by atoms with E-state index in [-0.39, 0.29) is 11.9 Å². The summed E-state index contributed by atoms with van der Waals surface area (Å²) in [5.74, 6) is 1.81. The van der Waals surface area contributed by atoms with E-state index in [1.165, 1.54) is 0 Å². The topological polar surface area (TPSA) is 47.6 Å². The number of amides is 1. The first-order valence-corrected chi connectivity index (χ1v) is 9.05. The number of methoxy groups -OCH3 is 2. The summed E-state index contributed by atoms with van der Waals surface area (Å²) in [6, 6.07) is 12.1. The molecular formula is C22H29NO3. The molecule has 0 saturated heterocycles. The summed E-state index contributed by atoms with van der Waals surface area (Å²) in [6.45, 7) is 6.11. The van der Waals surface area contributed by atoms with E-state index in [1.54, 1.807) is 14.2 Å². The summed E-state index contributed by atoms with van der Waals surface area (Å²) < 4.78 is 10.6. The molecule has 0 bridgehead atoms. The number of carbonyl (C=O) groups is 1. The maximum atomic E-state index is 12.4. The average molecular weight is 355 g/mol. The number of rotatable bonds is 8. The number of carbonyl (C=O) groups excluding carboxylic acids is 1. The summed E-state index contributed by atoms with van der Waals surface area (Å²) >= 11 is 0. The van der Waals surface area contributed by atoms with Gasteiger partial charge in [0, 0.05) is 6.42 Å². The number of hydrogen-bond donors (Lipinski definition) is 1. The Hall–Kier alpha value is -2.49. The second-order valence-electron chi connectivity index (χ2n) is 6.56. The minimum Gasteiger partial charge on any atom is -0.496 e. The predicted octanol–water partition coefficient (Wildman–Crippen LogP) is 4.52. The van der Waals surface area contributed by atoms with Crippen LogP contribution in [0, 0.1) is 13.8 Å². The molecule has 1 amide bonds. The first kappa shape index (κ1) is 19.8. The Morgan fingerprint density at radius 1 is 1.00 bits per heavy atom. The number of benzene rings is 2. The molecule has 0 aliphatic carbocycles. The van der Waals surface area contributed by atoms with Crippen LogP contribution in [0.15, 0.2) is 36.4 Å². The van der Waals surface area contributed by atoms with Crippen LogP contribution in [0.1, 0.15) is 48.1 Å². The quantitative estimate of drug-likeness (QED) is 0.757. The monoisotopic (exact) mass is 355 g/mol. The normalized spacial score (nSPS) is 11.7. The van der Waals surface area contributed by atoms with Crippen LogP contribution >= 0.6 is 0 Å². The molecule has 0 spiro atoms. The standard InChI is InChI=1S/C22H29NO3/c1-6-19(18-9-11-21(26-5)16(3)14-18)23-22(24)12-8-17-7-10-20(25-4)15(2)13-17/h7,9-11,13-14,19H,6,8,12H2,1-5H3,(H,23,24)/t19-/m0/s1. The third-order valence-electron chi connectivity index (χ3n) is 4.66. The Morgan fingerprint density at radius 3 is 2.15 bits per heavy atom. The van der Waals surface area contributed by atoms with Gasteiger partial charge in [0.15, 0.2) is 0 Å². The van der Waals surface area contributed by atoms with Crippen LogP contribution in [0.3, 0.4) is 0 Å². The lowest BCUT2D eigenvalue weighted by Gasteiger charge is -2.19. The Kier molecular flexibility index (Phi) is 7.07. The van der Waals surface area contributed by atoms with Gasteiger partial charge in [-0.3, -0.25) is 4.79 Å². The molecule has 0 heterocycles. The van der Waals surface area contributed by atoms with Gasteiger partial charge in [0.1, 0.15) is 11.5 Å². The molecule has 0 fully saturated rings. The van der Waals surface area contributed by atoms with E-state index in [2.05, 4.69) is 24.4 Å². The zero-order valence-corrected chi connectivity index (χ0v) is 16.4. The largest absolute Gasteiger partial charge is 0.496 e. The molecule has 1 N–H and O–H groups in total. The van der Waals surface area contributed by atoms with Gasteiger partial charge in [0.05, 0.1) is 20.3 Å². The minimum absolute atomic E-state index is 0.0182. The van der Waals surface area contributed by atoms with Crippen LogP contribution in [0.4, 0.5) is 0 Å². The van der Waals surface area contributed by atoms with Crippen molar-refractivity contribution in [3.63, 3.8) is 0 Å². The summed E-state index contributed by atoms with van der Waals surface area (Å²) in [4.78, 5) is 12.4. The van der Waals surface area contributed by atoms with Crippen molar-refractivity contribution in [3.8, 4) is 11.5 Å². The highest BCUT2D eigenvalue weighted by molar-refractivity contribution is 5.76. The zero-order valence-electron chi connectivity index (χ0n) is 16.4. The highest BCUT2D eigenvalue weighted by Gasteiger charge is 2.14. The molecular weight excluding hydrogens is 326 g/mol. The zero-order chi connectivity index (χ0) is 19.1. The molecule has 0 radical (unpaired) electrons. The van der Waals surface area contributed by atoms with Crippen molar-refractivity contribution < 1.29 is 14.3 Å². The maximum Gasteiger partial charge on any atom is 0.220 e. The molecule has 0 saturated carbocycles. The van der Waals surface area contributed by atoms with Crippen LogP contribution in [0.2, 0.25) is 0 Å². The molecule has 0 aliphatic heterocycles. The summed E-state index contributed by atoms with van der Waals surface area (Å²) in [5, 5.41) is 3.15. The third-order valence-corrected chi connectivity index (χ3v) is 4.66. The van der Waals surface area contributed by atoms with Crippen LogP contribution in [-0.2, 0) is 11.2 Å². The number of hydrogen-bond acceptors (Lipinski definition) is 3. The lowest BCUT2D eigenvalue weighted by atomic mass is 10.0. The Morgan fingerprint density at radius 2 is 1.62 bits per heavy atom. The van der Waals surface area contributed by atoms with Crippen molar-refractivity contribution in [1.29, 1.82) is 0 Å². The van der Waals surface area contributed by atoms with E-state index in [9.17, 15) is 4.79 Å². The van der Waals surface area contributed by atoms with Gasteiger partial charge < -0.3 is 14.8 Å². The molecule has 26 heavy (non-hydrogen) atoms. The molecule has 140 valence electrons. The van der Waals surface area contributed by atoms with Gasteiger partial charge in [-0.15, -0.1) is 0 Å². The molecule has 4 nitrogen and oxygen atoms in total. The Labute approximate surface area is 156 Å². The van der Waals surface area contributed by atoms with Crippen molar-refractivity contribution in [3.05, 3.63) is 58.7 Å². The van der Waals surface area contributed by atoms with E-state index >= 15 is 0 Å². The van der Waals surface area contributed by atoms with Gasteiger partial charge in [0.25, 0.3) is 0 Å². The molecule has 4 heteroatoms. The summed E-state index contributed by atoms with van der Waals surface area (Å²) in [7, 11) is 3.34. The fourth-order valence-electron chi connectivity index (χ4n) is 3.16. The molecule has 2 rings (SSSR count). The van der Waals surface area contributed by atoms with Crippen molar-refractivity contribution in [2.75, 3.05) is 14.2 Å². The first-order valence-electron chi connectivity index (χ1n) is 9.05. The molecule has 2 aromatic rings. The summed E-state index contributed by atoms with van der Waals surface area (Å²) in [5.41, 5.74) is 4.42. The van der Waals surface area contributed by atoms with Crippen LogP contribution in [-0.4, -0.2) is 20.1 Å². The predicted molar refractivity (Wildman–Crippen MR) is 105 cm³/mol. The fraction of sp³-hybridized carbons (Fsp3) is 0.409. The molecule has 2 aromatic carbocycles. The second kappa shape index (κ2) is 9.27. The highest BCUT2D eigenvalue weighted by Crippen LogP contribution is 2.24. The lowest BCUT2D eigenvalue weighted by Crippen LogP contribution is -2.28. The van der Waals surface area contributed by atoms with Gasteiger partial charge in [-0.2, -0.15) is 0 Å². The van der Waals surface area contributed by atoms with E-state index < -0.39 is 0 Å². The summed E-state index contributed by atoms with van der Waals surface area (Å²) in [6.07, 6.45) is 2.03. The second-order valence-corrected chi connectivity index (χ2v) is 6.56. The van der Waals surface area contributed by atoms with Crippen LogP contribution in [0.5, 0.6) is 11.5 Å². The van der Waals surface area contributed by atoms with Gasteiger partial charge in [-0.1, -0.05) is 31.2 Å². The van der Waals surface area contributed by atoms with Crippen molar-refractivity contribution in [2.45, 2.75) is 46.1 Å². The molecule has 1 atom stereocenters. The lowest BCUT2D eigenvalue weighted by molar-refractivity contribution is -0.121. The molecule has 0 aliphatic rings.